The van der Waals surface area contributed by atoms with Gasteiger partial charge in [0.15, 0.2) is 6.29 Å². The second-order valence-corrected chi connectivity index (χ2v) is 6.53. The first-order valence-electron chi connectivity index (χ1n) is 6.08. The second kappa shape index (κ2) is 5.91. The van der Waals surface area contributed by atoms with Crippen LogP contribution in [0.15, 0.2) is 29.2 Å². The maximum Gasteiger partial charge on any atom is 0.416 e. The van der Waals surface area contributed by atoms with E-state index in [1.165, 1.54) is 7.05 Å². The van der Waals surface area contributed by atoms with E-state index in [1.54, 1.807) is 0 Å². The first kappa shape index (κ1) is 16.2. The minimum Gasteiger partial charge on any atom is -0.349 e. The number of likely N-dealkylation sites (N-methyl/N-ethyl adjacent to an activating group) is 1. The van der Waals surface area contributed by atoms with Gasteiger partial charge in [0.1, 0.15) is 0 Å². The van der Waals surface area contributed by atoms with Gasteiger partial charge in [-0.25, -0.2) is 8.42 Å². The topological polar surface area (TPSA) is 55.8 Å². The molecule has 1 fully saturated rings. The van der Waals surface area contributed by atoms with Gasteiger partial charge < -0.3 is 9.47 Å². The summed E-state index contributed by atoms with van der Waals surface area (Å²) < 4.78 is 73.6. The lowest BCUT2D eigenvalue weighted by molar-refractivity contribution is -0.137. The van der Waals surface area contributed by atoms with Crippen LogP contribution in [-0.2, 0) is 25.7 Å². The Morgan fingerprint density at radius 3 is 2.48 bits per heavy atom. The molecule has 1 aliphatic rings. The van der Waals surface area contributed by atoms with Gasteiger partial charge in [-0.3, -0.25) is 0 Å². The van der Waals surface area contributed by atoms with Crippen LogP contribution in [0.1, 0.15) is 5.56 Å². The highest BCUT2D eigenvalue weighted by atomic mass is 32.2. The zero-order valence-electron chi connectivity index (χ0n) is 11.1. The molecule has 0 N–H and O–H groups in total. The van der Waals surface area contributed by atoms with Crippen molar-refractivity contribution in [2.75, 3.05) is 26.8 Å². The van der Waals surface area contributed by atoms with Crippen molar-refractivity contribution in [2.24, 2.45) is 0 Å². The summed E-state index contributed by atoms with van der Waals surface area (Å²) in [4.78, 5) is -0.419. The summed E-state index contributed by atoms with van der Waals surface area (Å²) in [5.41, 5.74) is -1.01. The Labute approximate surface area is 120 Å². The first-order chi connectivity index (χ1) is 9.71. The lowest BCUT2D eigenvalue weighted by atomic mass is 10.2. The van der Waals surface area contributed by atoms with Crippen molar-refractivity contribution in [3.8, 4) is 0 Å². The molecule has 0 atom stereocenters. The average molecular weight is 325 g/mol. The van der Waals surface area contributed by atoms with E-state index in [9.17, 15) is 21.6 Å². The van der Waals surface area contributed by atoms with Crippen molar-refractivity contribution in [2.45, 2.75) is 17.4 Å². The number of alkyl halides is 3. The SMILES string of the molecule is CN(CC1OCCO1)S(=O)(=O)c1cccc(C(F)(F)F)c1. The Balaban J connectivity index is 2.22. The van der Waals surface area contributed by atoms with Gasteiger partial charge in [-0.05, 0) is 18.2 Å². The predicted octanol–water partition coefficient (Wildman–Crippen LogP) is 1.70. The monoisotopic (exact) mass is 325 g/mol. The van der Waals surface area contributed by atoms with Crippen LogP contribution in [0.4, 0.5) is 13.2 Å². The lowest BCUT2D eigenvalue weighted by Crippen LogP contribution is -2.34. The molecule has 0 radical (unpaired) electrons. The molecule has 1 saturated heterocycles. The third kappa shape index (κ3) is 3.73. The van der Waals surface area contributed by atoms with E-state index in [0.717, 1.165) is 22.5 Å². The molecular weight excluding hydrogens is 311 g/mol. The molecule has 0 saturated carbocycles. The van der Waals surface area contributed by atoms with Gasteiger partial charge in [0.25, 0.3) is 0 Å². The number of ether oxygens (including phenoxy) is 2. The smallest absolute Gasteiger partial charge is 0.349 e. The average Bonchev–Trinajstić information content (AvgIpc) is 2.90. The van der Waals surface area contributed by atoms with E-state index in [2.05, 4.69) is 0 Å². The maximum atomic E-state index is 12.6. The van der Waals surface area contributed by atoms with E-state index in [-0.39, 0.29) is 6.54 Å². The third-order valence-electron chi connectivity index (χ3n) is 2.97. The summed E-state index contributed by atoms with van der Waals surface area (Å²) in [7, 11) is -2.77. The van der Waals surface area contributed by atoms with Crippen LogP contribution in [0.5, 0.6) is 0 Å². The van der Waals surface area contributed by atoms with Gasteiger partial charge in [-0.1, -0.05) is 6.07 Å². The summed E-state index contributed by atoms with van der Waals surface area (Å²) >= 11 is 0. The van der Waals surface area contributed by atoms with E-state index >= 15 is 0 Å². The van der Waals surface area contributed by atoms with Crippen LogP contribution in [0.2, 0.25) is 0 Å². The molecule has 1 aliphatic heterocycles. The van der Waals surface area contributed by atoms with Crippen molar-refractivity contribution in [3.05, 3.63) is 29.8 Å². The van der Waals surface area contributed by atoms with Crippen LogP contribution in [0, 0.1) is 0 Å². The molecular formula is C12H14F3NO4S. The molecule has 21 heavy (non-hydrogen) atoms. The van der Waals surface area contributed by atoms with Crippen molar-refractivity contribution in [3.63, 3.8) is 0 Å². The van der Waals surface area contributed by atoms with Gasteiger partial charge in [-0.15, -0.1) is 0 Å². The van der Waals surface area contributed by atoms with Gasteiger partial charge in [-0.2, -0.15) is 17.5 Å². The Kier molecular flexibility index (Phi) is 4.57. The zero-order valence-corrected chi connectivity index (χ0v) is 11.9. The largest absolute Gasteiger partial charge is 0.416 e. The van der Waals surface area contributed by atoms with Crippen molar-refractivity contribution in [1.29, 1.82) is 0 Å². The Hall–Kier alpha value is -1.16. The number of nitrogens with zero attached hydrogens (tertiary/aromatic N) is 1. The van der Waals surface area contributed by atoms with Crippen molar-refractivity contribution in [1.82, 2.24) is 4.31 Å². The van der Waals surface area contributed by atoms with Gasteiger partial charge >= 0.3 is 6.18 Å². The van der Waals surface area contributed by atoms with Crippen LogP contribution < -0.4 is 0 Å². The second-order valence-electron chi connectivity index (χ2n) is 4.48. The number of halogens is 3. The molecule has 0 bridgehead atoms. The van der Waals surface area contributed by atoms with Gasteiger partial charge in [0.05, 0.1) is 30.2 Å². The zero-order chi connectivity index (χ0) is 15.7. The Morgan fingerprint density at radius 1 is 1.29 bits per heavy atom. The maximum absolute atomic E-state index is 12.6. The molecule has 118 valence electrons. The number of hydrogen-bond acceptors (Lipinski definition) is 4. The van der Waals surface area contributed by atoms with Crippen LogP contribution >= 0.6 is 0 Å². The molecule has 0 aliphatic carbocycles. The highest BCUT2D eigenvalue weighted by Crippen LogP contribution is 2.31. The fraction of sp³-hybridized carbons (Fsp3) is 0.500. The molecule has 0 spiro atoms. The van der Waals surface area contributed by atoms with E-state index in [4.69, 9.17) is 9.47 Å². The van der Waals surface area contributed by atoms with Crippen LogP contribution in [-0.4, -0.2) is 45.8 Å². The molecule has 1 aromatic carbocycles. The van der Waals surface area contributed by atoms with Gasteiger partial charge in [0, 0.05) is 7.05 Å². The molecule has 0 amide bonds. The number of sulfonamides is 1. The van der Waals surface area contributed by atoms with Crippen molar-refractivity contribution >= 4 is 10.0 Å². The number of rotatable bonds is 4. The van der Waals surface area contributed by atoms with E-state index < -0.39 is 32.9 Å². The highest BCUT2D eigenvalue weighted by Gasteiger charge is 2.33. The summed E-state index contributed by atoms with van der Waals surface area (Å²) in [5.74, 6) is 0. The summed E-state index contributed by atoms with van der Waals surface area (Å²) in [6, 6.07) is 3.62. The van der Waals surface area contributed by atoms with E-state index in [1.807, 2.05) is 0 Å². The molecule has 9 heteroatoms. The van der Waals surface area contributed by atoms with Crippen LogP contribution in [0.25, 0.3) is 0 Å². The normalized spacial score (nSPS) is 17.6. The molecule has 5 nitrogen and oxygen atoms in total. The molecule has 1 aromatic rings. The summed E-state index contributed by atoms with van der Waals surface area (Å²) in [6.45, 7) is 0.642. The predicted molar refractivity (Wildman–Crippen MR) is 67.0 cm³/mol. The Morgan fingerprint density at radius 2 is 1.90 bits per heavy atom. The fourth-order valence-corrected chi connectivity index (χ4v) is 3.04. The molecule has 1 heterocycles. The summed E-state index contributed by atoms with van der Waals surface area (Å²) in [5, 5.41) is 0. The quantitative estimate of drug-likeness (QED) is 0.845. The fourth-order valence-electron chi connectivity index (χ4n) is 1.83. The Bertz CT molecular complexity index is 597. The van der Waals surface area contributed by atoms with Crippen LogP contribution in [0.3, 0.4) is 0 Å². The van der Waals surface area contributed by atoms with Crippen molar-refractivity contribution < 1.29 is 31.1 Å². The standard InChI is InChI=1S/C12H14F3NO4S/c1-16(8-11-19-5-6-20-11)21(17,18)10-4-2-3-9(7-10)12(13,14)15/h2-4,7,11H,5-6,8H2,1H3. The molecule has 2 rings (SSSR count). The molecule has 0 aromatic heterocycles. The number of benzene rings is 1. The number of hydrogen-bond donors (Lipinski definition) is 0. The van der Waals surface area contributed by atoms with Gasteiger partial charge in [0.2, 0.25) is 10.0 Å². The first-order valence-corrected chi connectivity index (χ1v) is 7.52. The third-order valence-corrected chi connectivity index (χ3v) is 4.79. The minimum atomic E-state index is -4.60. The minimum absolute atomic E-state index is 0.0847. The summed E-state index contributed by atoms with van der Waals surface area (Å²) in [6.07, 6.45) is -5.29. The van der Waals surface area contributed by atoms with E-state index in [0.29, 0.717) is 19.3 Å². The highest BCUT2D eigenvalue weighted by molar-refractivity contribution is 7.89. The lowest BCUT2D eigenvalue weighted by Gasteiger charge is -2.20. The molecule has 0 unspecified atom stereocenters.